The van der Waals surface area contributed by atoms with Gasteiger partial charge in [0.15, 0.2) is 5.11 Å². The van der Waals surface area contributed by atoms with Crippen molar-refractivity contribution in [1.29, 1.82) is 0 Å². The van der Waals surface area contributed by atoms with Crippen molar-refractivity contribution in [2.75, 3.05) is 0 Å². The summed E-state index contributed by atoms with van der Waals surface area (Å²) >= 11 is 7.23. The minimum atomic E-state index is -0.190. The van der Waals surface area contributed by atoms with Gasteiger partial charge in [-0.3, -0.25) is 10.1 Å². The van der Waals surface area contributed by atoms with Crippen molar-refractivity contribution in [3.63, 3.8) is 0 Å². The molecular weight excluding hydrogens is 347 g/mol. The Labute approximate surface area is 121 Å². The number of rotatable bonds is 1. The molecule has 0 saturated carbocycles. The molecule has 17 heavy (non-hydrogen) atoms. The maximum Gasteiger partial charge on any atom is 0.257 e. The number of carbonyl (C=O) groups excluding carboxylic acids is 1. The predicted octanol–water partition coefficient (Wildman–Crippen LogP) is 2.69. The van der Waals surface area contributed by atoms with Crippen molar-refractivity contribution in [2.45, 2.75) is 26.3 Å². The number of amides is 1. The van der Waals surface area contributed by atoms with Crippen LogP contribution in [0.3, 0.4) is 0 Å². The number of thiocarbonyl (C=S) groups is 1. The second kappa shape index (κ2) is 5.77. The molecule has 1 aromatic rings. The maximum absolute atomic E-state index is 11.9. The van der Waals surface area contributed by atoms with Gasteiger partial charge in [0.1, 0.15) is 0 Å². The minimum absolute atomic E-state index is 0.157. The highest BCUT2D eigenvalue weighted by molar-refractivity contribution is 14.1. The molecule has 1 aromatic carbocycles. The average Bonchev–Trinajstić information content (AvgIpc) is 2.14. The third kappa shape index (κ3) is 5.45. The van der Waals surface area contributed by atoms with Crippen LogP contribution in [0, 0.1) is 3.57 Å². The number of nitrogens with one attached hydrogen (secondary N) is 2. The molecule has 0 heterocycles. The lowest BCUT2D eigenvalue weighted by Crippen LogP contribution is -2.48. The maximum atomic E-state index is 11.9. The highest BCUT2D eigenvalue weighted by atomic mass is 127. The first-order valence-electron chi connectivity index (χ1n) is 5.17. The zero-order chi connectivity index (χ0) is 13.1. The van der Waals surface area contributed by atoms with E-state index in [1.54, 1.807) is 6.07 Å². The third-order valence-electron chi connectivity index (χ3n) is 1.80. The predicted molar refractivity (Wildman–Crippen MR) is 82.1 cm³/mol. The van der Waals surface area contributed by atoms with E-state index in [9.17, 15) is 4.79 Å². The Morgan fingerprint density at radius 3 is 2.53 bits per heavy atom. The van der Waals surface area contributed by atoms with Gasteiger partial charge >= 0.3 is 0 Å². The first-order chi connectivity index (χ1) is 7.78. The van der Waals surface area contributed by atoms with Crippen LogP contribution in [0.15, 0.2) is 24.3 Å². The number of halogens is 1. The Morgan fingerprint density at radius 1 is 1.35 bits per heavy atom. The van der Waals surface area contributed by atoms with Crippen LogP contribution in [-0.2, 0) is 0 Å². The molecule has 92 valence electrons. The van der Waals surface area contributed by atoms with Gasteiger partial charge in [0, 0.05) is 14.7 Å². The summed E-state index contributed by atoms with van der Waals surface area (Å²) < 4.78 is 1.02. The fourth-order valence-electron chi connectivity index (χ4n) is 1.18. The third-order valence-corrected chi connectivity index (χ3v) is 2.68. The van der Waals surface area contributed by atoms with Crippen LogP contribution >= 0.6 is 34.8 Å². The quantitative estimate of drug-likeness (QED) is 0.596. The summed E-state index contributed by atoms with van der Waals surface area (Å²) in [5.74, 6) is -0.190. The standard InChI is InChI=1S/C12H15IN2OS/c1-12(2,3)15-11(17)14-10(16)8-5-4-6-9(13)7-8/h4-7H,1-3H3,(H2,14,15,16,17). The van der Waals surface area contributed by atoms with Crippen molar-refractivity contribution in [3.8, 4) is 0 Å². The van der Waals surface area contributed by atoms with Crippen molar-refractivity contribution in [2.24, 2.45) is 0 Å². The van der Waals surface area contributed by atoms with Gasteiger partial charge in [-0.2, -0.15) is 0 Å². The fraction of sp³-hybridized carbons (Fsp3) is 0.333. The Morgan fingerprint density at radius 2 is 2.00 bits per heavy atom. The van der Waals surface area contributed by atoms with Crippen molar-refractivity contribution < 1.29 is 4.79 Å². The molecule has 0 radical (unpaired) electrons. The molecule has 0 atom stereocenters. The highest BCUT2D eigenvalue weighted by Crippen LogP contribution is 2.07. The van der Waals surface area contributed by atoms with Gasteiger partial charge in [-0.05, 0) is 73.8 Å². The summed E-state index contributed by atoms with van der Waals surface area (Å²) in [6.45, 7) is 5.95. The zero-order valence-corrected chi connectivity index (χ0v) is 13.0. The molecule has 0 spiro atoms. The van der Waals surface area contributed by atoms with Crippen LogP contribution in [0.2, 0.25) is 0 Å². The molecule has 0 unspecified atom stereocenters. The molecule has 1 amide bonds. The van der Waals surface area contributed by atoms with Gasteiger partial charge in [0.05, 0.1) is 0 Å². The Bertz CT molecular complexity index is 440. The molecule has 0 bridgehead atoms. The summed E-state index contributed by atoms with van der Waals surface area (Å²) in [5.41, 5.74) is 0.449. The van der Waals surface area contributed by atoms with E-state index in [0.29, 0.717) is 10.7 Å². The van der Waals surface area contributed by atoms with E-state index in [4.69, 9.17) is 12.2 Å². The lowest BCUT2D eigenvalue weighted by atomic mass is 10.1. The Hall–Kier alpha value is -0.690. The molecule has 0 aliphatic heterocycles. The van der Waals surface area contributed by atoms with Gasteiger partial charge in [0.25, 0.3) is 5.91 Å². The molecule has 1 rings (SSSR count). The van der Waals surface area contributed by atoms with Crippen molar-refractivity contribution >= 4 is 45.8 Å². The lowest BCUT2D eigenvalue weighted by Gasteiger charge is -2.22. The molecule has 2 N–H and O–H groups in total. The van der Waals surface area contributed by atoms with Gasteiger partial charge in [-0.15, -0.1) is 0 Å². The molecule has 0 aliphatic carbocycles. The van der Waals surface area contributed by atoms with Crippen LogP contribution in [0.5, 0.6) is 0 Å². The minimum Gasteiger partial charge on any atom is -0.358 e. The van der Waals surface area contributed by atoms with Crippen LogP contribution in [0.25, 0.3) is 0 Å². The van der Waals surface area contributed by atoms with E-state index < -0.39 is 0 Å². The van der Waals surface area contributed by atoms with E-state index >= 15 is 0 Å². The fourth-order valence-corrected chi connectivity index (χ4v) is 2.12. The number of hydrogen-bond acceptors (Lipinski definition) is 2. The van der Waals surface area contributed by atoms with Crippen molar-refractivity contribution in [3.05, 3.63) is 33.4 Å². The second-order valence-electron chi connectivity index (χ2n) is 4.67. The monoisotopic (exact) mass is 362 g/mol. The lowest BCUT2D eigenvalue weighted by molar-refractivity contribution is 0.0976. The SMILES string of the molecule is CC(C)(C)NC(=S)NC(=O)c1cccc(I)c1. The van der Waals surface area contributed by atoms with Crippen molar-refractivity contribution in [1.82, 2.24) is 10.6 Å². The highest BCUT2D eigenvalue weighted by Gasteiger charge is 2.13. The van der Waals surface area contributed by atoms with Gasteiger partial charge < -0.3 is 5.32 Å². The smallest absolute Gasteiger partial charge is 0.257 e. The summed E-state index contributed by atoms with van der Waals surface area (Å²) in [6.07, 6.45) is 0. The Kier molecular flexibility index (Phi) is 4.88. The van der Waals surface area contributed by atoms with E-state index in [-0.39, 0.29) is 11.4 Å². The van der Waals surface area contributed by atoms with Gasteiger partial charge in [-0.25, -0.2) is 0 Å². The molecule has 0 aliphatic rings. The topological polar surface area (TPSA) is 41.1 Å². The average molecular weight is 362 g/mol. The van der Waals surface area contributed by atoms with E-state index in [1.165, 1.54) is 0 Å². The number of carbonyl (C=O) groups is 1. The van der Waals surface area contributed by atoms with Gasteiger partial charge in [0.2, 0.25) is 0 Å². The molecular formula is C12H15IN2OS. The summed E-state index contributed by atoms with van der Waals surface area (Å²) in [7, 11) is 0. The molecule has 5 heteroatoms. The number of benzene rings is 1. The molecule has 0 fully saturated rings. The molecule has 0 aromatic heterocycles. The first-order valence-corrected chi connectivity index (χ1v) is 6.66. The van der Waals surface area contributed by atoms with E-state index in [2.05, 4.69) is 33.2 Å². The summed E-state index contributed by atoms with van der Waals surface area (Å²) in [4.78, 5) is 11.9. The molecule has 0 saturated heterocycles. The number of hydrogen-bond donors (Lipinski definition) is 2. The molecule has 3 nitrogen and oxygen atoms in total. The second-order valence-corrected chi connectivity index (χ2v) is 6.32. The Balaban J connectivity index is 2.64. The van der Waals surface area contributed by atoms with Crippen LogP contribution < -0.4 is 10.6 Å². The normalized spacial score (nSPS) is 10.8. The van der Waals surface area contributed by atoms with Crippen LogP contribution in [0.1, 0.15) is 31.1 Å². The first kappa shape index (κ1) is 14.4. The van der Waals surface area contributed by atoms with Crippen LogP contribution in [-0.4, -0.2) is 16.6 Å². The summed E-state index contributed by atoms with van der Waals surface area (Å²) in [6, 6.07) is 7.35. The van der Waals surface area contributed by atoms with Crippen LogP contribution in [0.4, 0.5) is 0 Å². The van der Waals surface area contributed by atoms with E-state index in [0.717, 1.165) is 3.57 Å². The zero-order valence-electron chi connectivity index (χ0n) is 10.0. The van der Waals surface area contributed by atoms with Gasteiger partial charge in [-0.1, -0.05) is 6.07 Å². The largest absolute Gasteiger partial charge is 0.358 e. The van der Waals surface area contributed by atoms with E-state index in [1.807, 2.05) is 39.0 Å². The summed E-state index contributed by atoms with van der Waals surface area (Å²) in [5, 5.41) is 6.04.